The minimum absolute atomic E-state index is 0.00223. The van der Waals surface area contributed by atoms with E-state index in [0.717, 1.165) is 29.5 Å². The number of amides is 1. The first-order chi connectivity index (χ1) is 13.0. The van der Waals surface area contributed by atoms with Gasteiger partial charge >= 0.3 is 5.97 Å². The number of carbonyl (C=O) groups is 2. The molecule has 0 bridgehead atoms. The van der Waals surface area contributed by atoms with E-state index in [4.69, 9.17) is 5.11 Å². The number of carbonyl (C=O) groups excluding carboxylic acids is 1. The number of carboxylic acid groups (broad SMARTS) is 1. The summed E-state index contributed by atoms with van der Waals surface area (Å²) < 4.78 is 0. The SMILES string of the molecule is CC(=O)NC1Cc2ccc(/C(=C/CCCC(=O)O)c3cccnc3)cc2C1. The van der Waals surface area contributed by atoms with Crippen LogP contribution in [-0.2, 0) is 22.4 Å². The van der Waals surface area contributed by atoms with Gasteiger partial charge in [0, 0.05) is 37.3 Å². The van der Waals surface area contributed by atoms with Crippen molar-refractivity contribution in [2.75, 3.05) is 0 Å². The highest BCUT2D eigenvalue weighted by atomic mass is 16.4. The fourth-order valence-corrected chi connectivity index (χ4v) is 3.60. The van der Waals surface area contributed by atoms with Gasteiger partial charge < -0.3 is 10.4 Å². The van der Waals surface area contributed by atoms with Gasteiger partial charge in [0.2, 0.25) is 5.91 Å². The lowest BCUT2D eigenvalue weighted by molar-refractivity contribution is -0.137. The van der Waals surface area contributed by atoms with Crippen molar-refractivity contribution in [3.05, 3.63) is 71.1 Å². The summed E-state index contributed by atoms with van der Waals surface area (Å²) in [4.78, 5) is 26.3. The Bertz CT molecular complexity index is 859. The van der Waals surface area contributed by atoms with Crippen LogP contribution < -0.4 is 5.32 Å². The molecule has 0 saturated carbocycles. The summed E-state index contributed by atoms with van der Waals surface area (Å²) >= 11 is 0. The van der Waals surface area contributed by atoms with Gasteiger partial charge in [-0.2, -0.15) is 0 Å². The van der Waals surface area contributed by atoms with Gasteiger partial charge in [-0.05, 0) is 54.0 Å². The molecule has 1 atom stereocenters. The maximum atomic E-state index is 11.3. The molecule has 1 aliphatic carbocycles. The highest BCUT2D eigenvalue weighted by Crippen LogP contribution is 2.30. The number of pyridine rings is 1. The molecule has 1 amide bonds. The number of rotatable bonds is 7. The van der Waals surface area contributed by atoms with Gasteiger partial charge in [0.25, 0.3) is 0 Å². The Morgan fingerprint density at radius 3 is 2.74 bits per heavy atom. The second-order valence-electron chi connectivity index (χ2n) is 6.93. The summed E-state index contributed by atoms with van der Waals surface area (Å²) in [5, 5.41) is 11.8. The summed E-state index contributed by atoms with van der Waals surface area (Å²) in [5.41, 5.74) is 5.71. The number of hydrogen-bond donors (Lipinski definition) is 2. The predicted octanol–water partition coefficient (Wildman–Crippen LogP) is 3.37. The number of allylic oxidation sites excluding steroid dienone is 1. The normalized spacial score (nSPS) is 16.0. The number of nitrogens with one attached hydrogen (secondary N) is 1. The standard InChI is InChI=1S/C22H24N2O3/c1-15(25)24-20-12-16-8-9-17(11-19(16)13-20)21(6-2-3-7-22(26)27)18-5-4-10-23-14-18/h4-6,8-11,14,20H,2-3,7,12-13H2,1H3,(H,24,25)(H,26,27)/b21-6-. The largest absolute Gasteiger partial charge is 0.481 e. The van der Waals surface area contributed by atoms with Gasteiger partial charge in [0.1, 0.15) is 0 Å². The fourth-order valence-electron chi connectivity index (χ4n) is 3.60. The van der Waals surface area contributed by atoms with E-state index in [9.17, 15) is 9.59 Å². The van der Waals surface area contributed by atoms with E-state index < -0.39 is 5.97 Å². The molecule has 5 nitrogen and oxygen atoms in total. The van der Waals surface area contributed by atoms with Crippen molar-refractivity contribution in [3.8, 4) is 0 Å². The third kappa shape index (κ3) is 5.03. The zero-order valence-electron chi connectivity index (χ0n) is 15.4. The second-order valence-corrected chi connectivity index (χ2v) is 6.93. The molecular formula is C22H24N2O3. The Morgan fingerprint density at radius 1 is 1.22 bits per heavy atom. The van der Waals surface area contributed by atoms with Crippen LogP contribution in [0, 0.1) is 0 Å². The van der Waals surface area contributed by atoms with Crippen LogP contribution in [0.2, 0.25) is 0 Å². The summed E-state index contributed by atoms with van der Waals surface area (Å²) in [6, 6.07) is 10.5. The summed E-state index contributed by atoms with van der Waals surface area (Å²) in [5.74, 6) is -0.768. The van der Waals surface area contributed by atoms with E-state index in [0.29, 0.717) is 12.8 Å². The maximum Gasteiger partial charge on any atom is 0.303 e. The van der Waals surface area contributed by atoms with Crippen LogP contribution in [0.1, 0.15) is 48.4 Å². The first kappa shape index (κ1) is 18.8. The highest BCUT2D eigenvalue weighted by Gasteiger charge is 2.22. The van der Waals surface area contributed by atoms with Gasteiger partial charge in [0.15, 0.2) is 0 Å². The van der Waals surface area contributed by atoms with E-state index in [1.807, 2.05) is 18.3 Å². The number of nitrogens with zero attached hydrogens (tertiary/aromatic N) is 1. The Morgan fingerprint density at radius 2 is 2.04 bits per heavy atom. The molecule has 0 radical (unpaired) electrons. The van der Waals surface area contributed by atoms with Gasteiger partial charge in [-0.1, -0.05) is 30.3 Å². The van der Waals surface area contributed by atoms with Gasteiger partial charge in [-0.25, -0.2) is 0 Å². The molecule has 1 unspecified atom stereocenters. The molecule has 140 valence electrons. The van der Waals surface area contributed by atoms with Crippen LogP contribution in [0.3, 0.4) is 0 Å². The van der Waals surface area contributed by atoms with Gasteiger partial charge in [0.05, 0.1) is 0 Å². The van der Waals surface area contributed by atoms with Crippen molar-refractivity contribution in [3.63, 3.8) is 0 Å². The van der Waals surface area contributed by atoms with Crippen LogP contribution >= 0.6 is 0 Å². The van der Waals surface area contributed by atoms with Crippen molar-refractivity contribution in [2.45, 2.75) is 45.1 Å². The molecule has 3 rings (SSSR count). The first-order valence-corrected chi connectivity index (χ1v) is 9.24. The number of benzene rings is 1. The lowest BCUT2D eigenvalue weighted by Crippen LogP contribution is -2.33. The Balaban J connectivity index is 1.84. The lowest BCUT2D eigenvalue weighted by atomic mass is 9.95. The van der Waals surface area contributed by atoms with Crippen molar-refractivity contribution in [1.29, 1.82) is 0 Å². The van der Waals surface area contributed by atoms with Crippen molar-refractivity contribution in [1.82, 2.24) is 10.3 Å². The average molecular weight is 364 g/mol. The molecule has 0 saturated heterocycles. The highest BCUT2D eigenvalue weighted by molar-refractivity contribution is 5.80. The van der Waals surface area contributed by atoms with Crippen LogP contribution in [0.4, 0.5) is 0 Å². The monoisotopic (exact) mass is 364 g/mol. The van der Waals surface area contributed by atoms with Gasteiger partial charge in [-0.3, -0.25) is 14.6 Å². The number of aliphatic carboxylic acids is 1. The van der Waals surface area contributed by atoms with Crippen LogP contribution in [-0.4, -0.2) is 28.0 Å². The van der Waals surface area contributed by atoms with Crippen LogP contribution in [0.15, 0.2) is 48.8 Å². The lowest BCUT2D eigenvalue weighted by Gasteiger charge is -2.11. The van der Waals surface area contributed by atoms with Crippen molar-refractivity contribution >= 4 is 17.4 Å². The maximum absolute atomic E-state index is 11.3. The first-order valence-electron chi connectivity index (χ1n) is 9.24. The molecule has 1 aromatic heterocycles. The molecule has 0 spiro atoms. The Hall–Kier alpha value is -2.95. The topological polar surface area (TPSA) is 79.3 Å². The number of hydrogen-bond acceptors (Lipinski definition) is 3. The quantitative estimate of drug-likeness (QED) is 0.738. The van der Waals surface area contributed by atoms with E-state index in [-0.39, 0.29) is 18.4 Å². The number of carboxylic acids is 1. The molecule has 2 N–H and O–H groups in total. The zero-order chi connectivity index (χ0) is 19.2. The van der Waals surface area contributed by atoms with Gasteiger partial charge in [-0.15, -0.1) is 0 Å². The zero-order valence-corrected chi connectivity index (χ0v) is 15.4. The predicted molar refractivity (Wildman–Crippen MR) is 104 cm³/mol. The minimum Gasteiger partial charge on any atom is -0.481 e. The number of unbranched alkanes of at least 4 members (excludes halogenated alkanes) is 1. The molecule has 1 aliphatic rings. The minimum atomic E-state index is -0.770. The third-order valence-electron chi connectivity index (χ3n) is 4.77. The number of fused-ring (bicyclic) bond motifs is 1. The third-order valence-corrected chi connectivity index (χ3v) is 4.77. The molecule has 0 fully saturated rings. The van der Waals surface area contributed by atoms with E-state index in [1.54, 1.807) is 13.1 Å². The molecule has 5 heteroatoms. The molecule has 2 aromatic rings. The molecule has 27 heavy (non-hydrogen) atoms. The molecule has 0 aliphatic heterocycles. The Kier molecular flexibility index (Phi) is 6.01. The molecule has 1 aromatic carbocycles. The summed E-state index contributed by atoms with van der Waals surface area (Å²) in [7, 11) is 0. The average Bonchev–Trinajstić information content (AvgIpc) is 3.02. The molecule has 1 heterocycles. The van der Waals surface area contributed by atoms with Crippen molar-refractivity contribution in [2.24, 2.45) is 0 Å². The van der Waals surface area contributed by atoms with E-state index >= 15 is 0 Å². The van der Waals surface area contributed by atoms with Crippen molar-refractivity contribution < 1.29 is 14.7 Å². The van der Waals surface area contributed by atoms with Crippen LogP contribution in [0.25, 0.3) is 5.57 Å². The fraction of sp³-hybridized carbons (Fsp3) is 0.318. The summed E-state index contributed by atoms with van der Waals surface area (Å²) in [6.45, 7) is 1.55. The Labute approximate surface area is 159 Å². The van der Waals surface area contributed by atoms with Crippen LogP contribution in [0.5, 0.6) is 0 Å². The van der Waals surface area contributed by atoms with E-state index in [2.05, 4.69) is 34.6 Å². The second kappa shape index (κ2) is 8.62. The smallest absolute Gasteiger partial charge is 0.303 e. The molecular weight excluding hydrogens is 340 g/mol. The number of aromatic nitrogens is 1. The summed E-state index contributed by atoms with van der Waals surface area (Å²) in [6.07, 6.45) is 8.84. The van der Waals surface area contributed by atoms with E-state index in [1.165, 1.54) is 11.1 Å².